The van der Waals surface area contributed by atoms with E-state index in [1.165, 1.54) is 23.4 Å². The largest absolute Gasteiger partial charge is 0.480 e. The summed E-state index contributed by atoms with van der Waals surface area (Å²) < 4.78 is 39.3. The van der Waals surface area contributed by atoms with Crippen molar-refractivity contribution in [1.82, 2.24) is 9.62 Å². The second kappa shape index (κ2) is 7.27. The minimum absolute atomic E-state index is 0.0299. The zero-order chi connectivity index (χ0) is 17.9. The molecule has 0 aromatic heterocycles. The Bertz CT molecular complexity index is 720. The van der Waals surface area contributed by atoms with Crippen LogP contribution in [0.25, 0.3) is 0 Å². The number of nitrogens with one attached hydrogen (secondary N) is 1. The lowest BCUT2D eigenvalue weighted by Crippen LogP contribution is -2.48. The van der Waals surface area contributed by atoms with Crippen LogP contribution in [0.2, 0.25) is 0 Å². The minimum Gasteiger partial charge on any atom is -0.480 e. The average Bonchev–Trinajstić information content (AvgIpc) is 2.55. The predicted octanol–water partition coefficient (Wildman–Crippen LogP) is 0.816. The van der Waals surface area contributed by atoms with Gasteiger partial charge in [0.1, 0.15) is 11.9 Å². The number of hydrogen-bond acceptors (Lipinski definition) is 4. The van der Waals surface area contributed by atoms with Crippen molar-refractivity contribution < 1.29 is 27.5 Å². The number of benzene rings is 1. The molecule has 1 saturated heterocycles. The van der Waals surface area contributed by atoms with E-state index in [0.717, 1.165) is 12.1 Å². The molecule has 7 nitrogen and oxygen atoms in total. The lowest BCUT2D eigenvalue weighted by atomic mass is 9.98. The fraction of sp³-hybridized carbons (Fsp3) is 0.467. The summed E-state index contributed by atoms with van der Waals surface area (Å²) in [5, 5.41) is 11.2. The molecule has 1 amide bonds. The Morgan fingerprint density at radius 2 is 1.96 bits per heavy atom. The molecule has 0 bridgehead atoms. The highest BCUT2D eigenvalue weighted by Gasteiger charge is 2.34. The maximum atomic E-state index is 13.0. The van der Waals surface area contributed by atoms with Gasteiger partial charge in [0, 0.05) is 13.1 Å². The Morgan fingerprint density at radius 3 is 2.54 bits per heavy atom. The molecule has 24 heavy (non-hydrogen) atoms. The molecule has 0 spiro atoms. The average molecular weight is 358 g/mol. The number of rotatable bonds is 5. The second-order valence-electron chi connectivity index (χ2n) is 5.72. The lowest BCUT2D eigenvalue weighted by Gasteiger charge is -2.31. The monoisotopic (exact) mass is 358 g/mol. The highest BCUT2D eigenvalue weighted by molar-refractivity contribution is 7.89. The fourth-order valence-electron chi connectivity index (χ4n) is 2.52. The summed E-state index contributed by atoms with van der Waals surface area (Å²) in [5.74, 6) is -2.79. The molecule has 1 aromatic carbocycles. The van der Waals surface area contributed by atoms with E-state index in [0.29, 0.717) is 12.8 Å². The van der Waals surface area contributed by atoms with Gasteiger partial charge >= 0.3 is 5.97 Å². The molecule has 1 aliphatic rings. The number of carboxylic acid groups (broad SMARTS) is 1. The van der Waals surface area contributed by atoms with Gasteiger partial charge in [-0.25, -0.2) is 12.8 Å². The summed E-state index contributed by atoms with van der Waals surface area (Å²) in [6.07, 6.45) is 0.966. The van der Waals surface area contributed by atoms with Crippen LogP contribution in [-0.2, 0) is 19.6 Å². The summed E-state index contributed by atoms with van der Waals surface area (Å²) in [7, 11) is -3.82. The maximum absolute atomic E-state index is 13.0. The Hall–Kier alpha value is -2.00. The Morgan fingerprint density at radius 1 is 1.33 bits per heavy atom. The summed E-state index contributed by atoms with van der Waals surface area (Å²) in [6, 6.07) is 3.45. The number of carbonyl (C=O) groups excluding carboxylic acids is 1. The van der Waals surface area contributed by atoms with Crippen LogP contribution in [0.15, 0.2) is 29.2 Å². The first-order valence-electron chi connectivity index (χ1n) is 7.50. The van der Waals surface area contributed by atoms with Gasteiger partial charge in [-0.3, -0.25) is 9.59 Å². The summed E-state index contributed by atoms with van der Waals surface area (Å²) >= 11 is 0. The zero-order valence-electron chi connectivity index (χ0n) is 13.1. The highest BCUT2D eigenvalue weighted by atomic mass is 32.2. The number of aliphatic carboxylic acids is 1. The van der Waals surface area contributed by atoms with Crippen LogP contribution < -0.4 is 5.32 Å². The summed E-state index contributed by atoms with van der Waals surface area (Å²) in [4.78, 5) is 22.9. The number of piperidine rings is 1. The topological polar surface area (TPSA) is 104 Å². The third-order valence-electron chi connectivity index (χ3n) is 3.94. The van der Waals surface area contributed by atoms with Crippen LogP contribution >= 0.6 is 0 Å². The fourth-order valence-corrected chi connectivity index (χ4v) is 4.05. The van der Waals surface area contributed by atoms with Crippen LogP contribution in [0.5, 0.6) is 0 Å². The van der Waals surface area contributed by atoms with Gasteiger partial charge in [-0.15, -0.1) is 0 Å². The van der Waals surface area contributed by atoms with Gasteiger partial charge < -0.3 is 10.4 Å². The van der Waals surface area contributed by atoms with Crippen molar-refractivity contribution in [3.05, 3.63) is 30.1 Å². The molecule has 0 radical (unpaired) electrons. The lowest BCUT2D eigenvalue weighted by molar-refractivity contribution is -0.142. The molecular formula is C15H19FN2O5S. The van der Waals surface area contributed by atoms with Crippen LogP contribution in [0.1, 0.15) is 19.8 Å². The van der Waals surface area contributed by atoms with Crippen LogP contribution in [0.4, 0.5) is 4.39 Å². The van der Waals surface area contributed by atoms with Crippen molar-refractivity contribution in [1.29, 1.82) is 0 Å². The molecule has 2 N–H and O–H groups in total. The predicted molar refractivity (Wildman–Crippen MR) is 83.1 cm³/mol. The molecule has 1 aromatic rings. The highest BCUT2D eigenvalue weighted by Crippen LogP contribution is 2.24. The van der Waals surface area contributed by atoms with Crippen molar-refractivity contribution in [2.24, 2.45) is 5.92 Å². The van der Waals surface area contributed by atoms with Gasteiger partial charge in [0.15, 0.2) is 0 Å². The van der Waals surface area contributed by atoms with Crippen molar-refractivity contribution in [3.63, 3.8) is 0 Å². The van der Waals surface area contributed by atoms with E-state index >= 15 is 0 Å². The van der Waals surface area contributed by atoms with E-state index in [1.54, 1.807) is 0 Å². The molecule has 132 valence electrons. The van der Waals surface area contributed by atoms with Crippen LogP contribution in [0.3, 0.4) is 0 Å². The van der Waals surface area contributed by atoms with E-state index in [1.807, 2.05) is 0 Å². The molecule has 2 atom stereocenters. The SMILES string of the molecule is C[C@H](NC(=O)[C@@H]1CCCN(S(=O)(=O)c2ccc(F)cc2)C1)C(=O)O. The first-order chi connectivity index (χ1) is 11.2. The van der Waals surface area contributed by atoms with Crippen LogP contribution in [0, 0.1) is 11.7 Å². The molecule has 0 saturated carbocycles. The number of nitrogens with zero attached hydrogens (tertiary/aromatic N) is 1. The zero-order valence-corrected chi connectivity index (χ0v) is 13.9. The standard InChI is InChI=1S/C15H19FN2O5S/c1-10(15(20)21)17-14(19)11-3-2-8-18(9-11)24(22,23)13-6-4-12(16)5-7-13/h4-7,10-11H,2-3,8-9H2,1H3,(H,17,19)(H,20,21)/t10-,11+/m0/s1. The molecule has 1 aliphatic heterocycles. The molecule has 2 rings (SSSR count). The summed E-state index contributed by atoms with van der Waals surface area (Å²) in [5.41, 5.74) is 0. The third-order valence-corrected chi connectivity index (χ3v) is 5.81. The molecule has 9 heteroatoms. The van der Waals surface area contributed by atoms with Crippen LogP contribution in [-0.4, -0.2) is 48.8 Å². The number of halogens is 1. The Balaban J connectivity index is 2.11. The molecule has 0 aliphatic carbocycles. The first-order valence-corrected chi connectivity index (χ1v) is 8.94. The smallest absolute Gasteiger partial charge is 0.325 e. The van der Waals surface area contributed by atoms with Gasteiger partial charge in [-0.05, 0) is 44.0 Å². The molecule has 1 fully saturated rings. The maximum Gasteiger partial charge on any atom is 0.325 e. The Kier molecular flexibility index (Phi) is 5.55. The van der Waals surface area contributed by atoms with E-state index < -0.39 is 39.7 Å². The van der Waals surface area contributed by atoms with E-state index in [2.05, 4.69) is 5.32 Å². The van der Waals surface area contributed by atoms with Gasteiger partial charge in [0.25, 0.3) is 0 Å². The van der Waals surface area contributed by atoms with E-state index in [9.17, 15) is 22.4 Å². The van der Waals surface area contributed by atoms with Crippen molar-refractivity contribution in [3.8, 4) is 0 Å². The van der Waals surface area contributed by atoms with Gasteiger partial charge in [0.2, 0.25) is 15.9 Å². The quantitative estimate of drug-likeness (QED) is 0.811. The van der Waals surface area contributed by atoms with Gasteiger partial charge in [-0.1, -0.05) is 0 Å². The van der Waals surface area contributed by atoms with Gasteiger partial charge in [0.05, 0.1) is 10.8 Å². The van der Waals surface area contributed by atoms with E-state index in [4.69, 9.17) is 5.11 Å². The molecule has 1 heterocycles. The summed E-state index contributed by atoms with van der Waals surface area (Å²) in [6.45, 7) is 1.58. The minimum atomic E-state index is -3.82. The van der Waals surface area contributed by atoms with E-state index in [-0.39, 0.29) is 18.0 Å². The number of amides is 1. The molecular weight excluding hydrogens is 339 g/mol. The van der Waals surface area contributed by atoms with Crippen molar-refractivity contribution >= 4 is 21.9 Å². The number of sulfonamides is 1. The van der Waals surface area contributed by atoms with Crippen molar-refractivity contribution in [2.75, 3.05) is 13.1 Å². The first kappa shape index (κ1) is 18.3. The normalized spacial score (nSPS) is 20.3. The number of hydrogen-bond donors (Lipinski definition) is 2. The van der Waals surface area contributed by atoms with Crippen molar-refractivity contribution in [2.45, 2.75) is 30.7 Å². The second-order valence-corrected chi connectivity index (χ2v) is 7.66. The Labute approximate surface area is 139 Å². The third kappa shape index (κ3) is 4.09. The molecule has 0 unspecified atom stereocenters. The van der Waals surface area contributed by atoms with Gasteiger partial charge in [-0.2, -0.15) is 4.31 Å². The number of carbonyl (C=O) groups is 2. The number of carboxylic acids is 1.